The molecular formula is C9H17N. The molecule has 0 aromatic carbocycles. The van der Waals surface area contributed by atoms with Gasteiger partial charge in [0.25, 0.3) is 0 Å². The molecule has 0 amide bonds. The molecule has 10 heavy (non-hydrogen) atoms. The smallest absolute Gasteiger partial charge is 0.0184 e. The first-order valence-corrected chi connectivity index (χ1v) is 4.58. The predicted octanol–water partition coefficient (Wildman–Crippen LogP) is 2.07. The topological polar surface area (TPSA) is 12.0 Å². The summed E-state index contributed by atoms with van der Waals surface area (Å²) in [4.78, 5) is 0. The van der Waals surface area contributed by atoms with Gasteiger partial charge in [0.05, 0.1) is 0 Å². The number of hydrogen-bond donors (Lipinski definition) is 1. The Morgan fingerprint density at radius 1 is 1.20 bits per heavy atom. The molecule has 1 saturated carbocycles. The predicted molar refractivity (Wildman–Crippen MR) is 43.0 cm³/mol. The Labute approximate surface area is 63.2 Å². The van der Waals surface area contributed by atoms with Gasteiger partial charge in [0.1, 0.15) is 0 Å². The second kappa shape index (κ2) is 2.23. The maximum atomic E-state index is 3.73. The molecule has 1 heterocycles. The largest absolute Gasteiger partial charge is 0.309 e. The molecule has 1 atom stereocenters. The summed E-state index contributed by atoms with van der Waals surface area (Å²) in [5.74, 6) is 0. The van der Waals surface area contributed by atoms with Crippen molar-refractivity contribution >= 4 is 0 Å². The van der Waals surface area contributed by atoms with Gasteiger partial charge in [-0.1, -0.05) is 12.8 Å². The second-order valence-electron chi connectivity index (χ2n) is 4.07. The van der Waals surface area contributed by atoms with E-state index in [0.29, 0.717) is 5.54 Å². The van der Waals surface area contributed by atoms with E-state index in [2.05, 4.69) is 12.2 Å². The lowest BCUT2D eigenvalue weighted by Crippen LogP contribution is -2.39. The summed E-state index contributed by atoms with van der Waals surface area (Å²) < 4.78 is 0. The summed E-state index contributed by atoms with van der Waals surface area (Å²) >= 11 is 0. The van der Waals surface area contributed by atoms with Gasteiger partial charge in [0.2, 0.25) is 0 Å². The maximum absolute atomic E-state index is 3.73. The van der Waals surface area contributed by atoms with Crippen LogP contribution in [-0.4, -0.2) is 11.6 Å². The standard InChI is InChI=1S/C9H17N/c1-8-4-7-9(10-8)5-2-3-6-9/h8,10H,2-7H2,1H3/t8-/m0/s1. The number of hydrogen-bond acceptors (Lipinski definition) is 1. The van der Waals surface area contributed by atoms with Gasteiger partial charge in [-0.15, -0.1) is 0 Å². The van der Waals surface area contributed by atoms with Crippen LogP contribution in [-0.2, 0) is 0 Å². The van der Waals surface area contributed by atoms with E-state index in [1.54, 1.807) is 0 Å². The van der Waals surface area contributed by atoms with Crippen LogP contribution in [0.15, 0.2) is 0 Å². The molecule has 1 spiro atoms. The molecule has 2 aliphatic rings. The lowest BCUT2D eigenvalue weighted by molar-refractivity contribution is 0.372. The molecule has 1 heteroatoms. The third-order valence-corrected chi connectivity index (χ3v) is 3.17. The summed E-state index contributed by atoms with van der Waals surface area (Å²) in [5, 5.41) is 3.73. The second-order valence-corrected chi connectivity index (χ2v) is 4.07. The molecule has 0 bridgehead atoms. The van der Waals surface area contributed by atoms with Crippen molar-refractivity contribution in [2.45, 2.75) is 57.0 Å². The van der Waals surface area contributed by atoms with Crippen LogP contribution < -0.4 is 5.32 Å². The Morgan fingerprint density at radius 2 is 1.90 bits per heavy atom. The van der Waals surface area contributed by atoms with Crippen molar-refractivity contribution in [2.24, 2.45) is 0 Å². The maximum Gasteiger partial charge on any atom is 0.0184 e. The average molecular weight is 139 g/mol. The van der Waals surface area contributed by atoms with E-state index in [4.69, 9.17) is 0 Å². The van der Waals surface area contributed by atoms with Gasteiger partial charge in [-0.05, 0) is 32.6 Å². The van der Waals surface area contributed by atoms with Gasteiger partial charge in [-0.25, -0.2) is 0 Å². The van der Waals surface area contributed by atoms with E-state index in [1.807, 2.05) is 0 Å². The van der Waals surface area contributed by atoms with E-state index in [-0.39, 0.29) is 0 Å². The van der Waals surface area contributed by atoms with Crippen LogP contribution in [0.25, 0.3) is 0 Å². The summed E-state index contributed by atoms with van der Waals surface area (Å²) in [6, 6.07) is 0.790. The highest BCUT2D eigenvalue weighted by molar-refractivity contribution is 4.99. The SMILES string of the molecule is C[C@H]1CCC2(CCCC2)N1. The molecule has 1 saturated heterocycles. The molecule has 1 aliphatic carbocycles. The first-order chi connectivity index (χ1) is 4.81. The Balaban J connectivity index is 2.03. The average Bonchev–Trinajstić information content (AvgIpc) is 2.46. The van der Waals surface area contributed by atoms with Gasteiger partial charge in [0, 0.05) is 11.6 Å². The minimum atomic E-state index is 0.611. The van der Waals surface area contributed by atoms with E-state index in [0.717, 1.165) is 6.04 Å². The monoisotopic (exact) mass is 139 g/mol. The van der Waals surface area contributed by atoms with Crippen molar-refractivity contribution in [2.75, 3.05) is 0 Å². The Bertz CT molecular complexity index is 125. The van der Waals surface area contributed by atoms with Gasteiger partial charge < -0.3 is 5.32 Å². The highest BCUT2D eigenvalue weighted by Crippen LogP contribution is 2.38. The minimum Gasteiger partial charge on any atom is -0.309 e. The molecule has 1 nitrogen and oxygen atoms in total. The normalized spacial score (nSPS) is 37.5. The molecule has 0 unspecified atom stereocenters. The molecule has 2 rings (SSSR count). The lowest BCUT2D eigenvalue weighted by Gasteiger charge is -2.23. The van der Waals surface area contributed by atoms with Crippen LogP contribution in [0.3, 0.4) is 0 Å². The van der Waals surface area contributed by atoms with Crippen LogP contribution in [0, 0.1) is 0 Å². The van der Waals surface area contributed by atoms with Gasteiger partial charge in [-0.2, -0.15) is 0 Å². The number of rotatable bonds is 0. The Hall–Kier alpha value is -0.0400. The zero-order valence-corrected chi connectivity index (χ0v) is 6.82. The highest BCUT2D eigenvalue weighted by Gasteiger charge is 2.38. The van der Waals surface area contributed by atoms with Crippen LogP contribution in [0.2, 0.25) is 0 Å². The van der Waals surface area contributed by atoms with Crippen LogP contribution in [0.5, 0.6) is 0 Å². The van der Waals surface area contributed by atoms with Gasteiger partial charge in [-0.3, -0.25) is 0 Å². The molecular weight excluding hydrogens is 122 g/mol. The molecule has 1 N–H and O–H groups in total. The quantitative estimate of drug-likeness (QED) is 0.541. The summed E-state index contributed by atoms with van der Waals surface area (Å²) in [6.07, 6.45) is 8.64. The Morgan fingerprint density at radius 3 is 2.40 bits per heavy atom. The van der Waals surface area contributed by atoms with Crippen LogP contribution >= 0.6 is 0 Å². The van der Waals surface area contributed by atoms with Crippen LogP contribution in [0.4, 0.5) is 0 Å². The fourth-order valence-electron chi connectivity index (χ4n) is 2.61. The summed E-state index contributed by atoms with van der Waals surface area (Å²) in [5.41, 5.74) is 0.611. The molecule has 1 aliphatic heterocycles. The highest BCUT2D eigenvalue weighted by atomic mass is 15.0. The third kappa shape index (κ3) is 0.968. The first kappa shape index (κ1) is 6.66. The fourth-order valence-corrected chi connectivity index (χ4v) is 2.61. The lowest BCUT2D eigenvalue weighted by atomic mass is 9.96. The van der Waals surface area contributed by atoms with E-state index in [1.165, 1.54) is 38.5 Å². The number of nitrogens with one attached hydrogen (secondary N) is 1. The zero-order valence-electron chi connectivity index (χ0n) is 6.82. The Kier molecular flexibility index (Phi) is 1.48. The van der Waals surface area contributed by atoms with Gasteiger partial charge in [0.15, 0.2) is 0 Å². The van der Waals surface area contributed by atoms with E-state index >= 15 is 0 Å². The van der Waals surface area contributed by atoms with Crippen molar-refractivity contribution in [3.05, 3.63) is 0 Å². The summed E-state index contributed by atoms with van der Waals surface area (Å²) in [6.45, 7) is 2.31. The fraction of sp³-hybridized carbons (Fsp3) is 1.00. The zero-order chi connectivity index (χ0) is 7.03. The third-order valence-electron chi connectivity index (χ3n) is 3.17. The molecule has 2 fully saturated rings. The van der Waals surface area contributed by atoms with E-state index in [9.17, 15) is 0 Å². The van der Waals surface area contributed by atoms with Crippen molar-refractivity contribution < 1.29 is 0 Å². The van der Waals surface area contributed by atoms with Gasteiger partial charge >= 0.3 is 0 Å². The van der Waals surface area contributed by atoms with Crippen LogP contribution in [0.1, 0.15) is 45.4 Å². The van der Waals surface area contributed by atoms with Crippen molar-refractivity contribution in [3.63, 3.8) is 0 Å². The van der Waals surface area contributed by atoms with Crippen molar-refractivity contribution in [1.82, 2.24) is 5.32 Å². The summed E-state index contributed by atoms with van der Waals surface area (Å²) in [7, 11) is 0. The molecule has 0 aromatic heterocycles. The molecule has 58 valence electrons. The van der Waals surface area contributed by atoms with Crippen molar-refractivity contribution in [1.29, 1.82) is 0 Å². The minimum absolute atomic E-state index is 0.611. The van der Waals surface area contributed by atoms with E-state index < -0.39 is 0 Å². The first-order valence-electron chi connectivity index (χ1n) is 4.58. The van der Waals surface area contributed by atoms with Crippen molar-refractivity contribution in [3.8, 4) is 0 Å². The molecule has 0 radical (unpaired) electrons. The molecule has 0 aromatic rings.